The number of likely N-dealkylation sites (tertiary alicyclic amines) is 1. The fourth-order valence-electron chi connectivity index (χ4n) is 2.44. The third kappa shape index (κ3) is 4.72. The monoisotopic (exact) mass is 292 g/mol. The second kappa shape index (κ2) is 7.43. The first-order valence-corrected chi connectivity index (χ1v) is 7.46. The van der Waals surface area contributed by atoms with E-state index in [9.17, 15) is 9.90 Å². The Bertz CT molecular complexity index is 453. The number of β-amino-alcohol motifs (C(OH)–C–C–N with tert-alkyl or cyclic N) is 1. The van der Waals surface area contributed by atoms with Crippen molar-refractivity contribution in [3.8, 4) is 5.75 Å². The molecule has 1 aliphatic rings. The molecule has 0 bridgehead atoms. The minimum Gasteiger partial charge on any atom is -0.410 e. The van der Waals surface area contributed by atoms with Gasteiger partial charge in [0.1, 0.15) is 5.75 Å². The lowest BCUT2D eigenvalue weighted by Crippen LogP contribution is -2.33. The van der Waals surface area contributed by atoms with Gasteiger partial charge in [-0.25, -0.2) is 4.79 Å². The minimum atomic E-state index is -0.498. The molecule has 2 rings (SSSR count). The largest absolute Gasteiger partial charge is 0.414 e. The lowest BCUT2D eigenvalue weighted by atomic mass is 10.1. The smallest absolute Gasteiger partial charge is 0.410 e. The number of piperidine rings is 1. The van der Waals surface area contributed by atoms with Crippen LogP contribution in [0.15, 0.2) is 24.3 Å². The second-order valence-corrected chi connectivity index (χ2v) is 5.71. The highest BCUT2D eigenvalue weighted by molar-refractivity contribution is 5.69. The molecule has 0 saturated carbocycles. The van der Waals surface area contributed by atoms with Crippen LogP contribution in [0.5, 0.6) is 5.75 Å². The number of carbonyl (C=O) groups is 1. The van der Waals surface area contributed by atoms with Gasteiger partial charge in [-0.15, -0.1) is 0 Å². The molecule has 1 heterocycles. The molecule has 1 aromatic carbocycles. The molecule has 1 fully saturated rings. The van der Waals surface area contributed by atoms with Gasteiger partial charge in [-0.2, -0.15) is 0 Å². The lowest BCUT2D eigenvalue weighted by Gasteiger charge is -2.28. The summed E-state index contributed by atoms with van der Waals surface area (Å²) < 4.78 is 5.16. The van der Waals surface area contributed by atoms with E-state index in [0.717, 1.165) is 18.7 Å². The molecular formula is C16H24N2O3. The predicted octanol–water partition coefficient (Wildman–Crippen LogP) is 2.27. The number of carbonyl (C=O) groups excluding carboxylic acids is 1. The Balaban J connectivity index is 1.89. The van der Waals surface area contributed by atoms with Gasteiger partial charge < -0.3 is 19.6 Å². The van der Waals surface area contributed by atoms with Gasteiger partial charge in [0.15, 0.2) is 0 Å². The molecule has 21 heavy (non-hydrogen) atoms. The van der Waals surface area contributed by atoms with Crippen molar-refractivity contribution in [1.82, 2.24) is 9.80 Å². The zero-order valence-corrected chi connectivity index (χ0v) is 12.8. The van der Waals surface area contributed by atoms with Crippen LogP contribution in [0.2, 0.25) is 0 Å². The second-order valence-electron chi connectivity index (χ2n) is 5.71. The van der Waals surface area contributed by atoms with Gasteiger partial charge in [0.2, 0.25) is 0 Å². The fraction of sp³-hybridized carbons (Fsp3) is 0.562. The van der Waals surface area contributed by atoms with Gasteiger partial charge >= 0.3 is 6.09 Å². The SMILES string of the molecule is CN(C)C(=O)Oc1ccc(C(O)CN2CCCCC2)cc1. The van der Waals surface area contributed by atoms with Crippen LogP contribution in [0.1, 0.15) is 30.9 Å². The van der Waals surface area contributed by atoms with E-state index in [1.165, 1.54) is 24.2 Å². The summed E-state index contributed by atoms with van der Waals surface area (Å²) in [7, 11) is 3.28. The molecule has 116 valence electrons. The Morgan fingerprint density at radius 1 is 1.24 bits per heavy atom. The summed E-state index contributed by atoms with van der Waals surface area (Å²) in [5, 5.41) is 10.3. The summed E-state index contributed by atoms with van der Waals surface area (Å²) in [4.78, 5) is 15.1. The van der Waals surface area contributed by atoms with E-state index >= 15 is 0 Å². The van der Waals surface area contributed by atoms with Crippen molar-refractivity contribution in [2.75, 3.05) is 33.7 Å². The van der Waals surface area contributed by atoms with E-state index in [-0.39, 0.29) is 0 Å². The van der Waals surface area contributed by atoms with Crippen LogP contribution in [0.4, 0.5) is 4.79 Å². The number of amides is 1. The lowest BCUT2D eigenvalue weighted by molar-refractivity contribution is 0.101. The number of benzene rings is 1. The van der Waals surface area contributed by atoms with Crippen molar-refractivity contribution in [2.24, 2.45) is 0 Å². The molecule has 0 spiro atoms. The number of nitrogens with zero attached hydrogens (tertiary/aromatic N) is 2. The summed E-state index contributed by atoms with van der Waals surface area (Å²) in [6.45, 7) is 2.79. The maximum absolute atomic E-state index is 11.4. The first kappa shape index (κ1) is 15.8. The van der Waals surface area contributed by atoms with Crippen LogP contribution in [-0.2, 0) is 0 Å². The molecule has 1 saturated heterocycles. The number of aliphatic hydroxyl groups excluding tert-OH is 1. The van der Waals surface area contributed by atoms with Crippen LogP contribution >= 0.6 is 0 Å². The molecule has 5 nitrogen and oxygen atoms in total. The highest BCUT2D eigenvalue weighted by atomic mass is 16.6. The predicted molar refractivity (Wildman–Crippen MR) is 81.4 cm³/mol. The van der Waals surface area contributed by atoms with Crippen LogP contribution in [0, 0.1) is 0 Å². The molecule has 1 atom stereocenters. The molecule has 5 heteroatoms. The normalized spacial score (nSPS) is 17.3. The molecule has 0 aromatic heterocycles. The molecule has 0 radical (unpaired) electrons. The van der Waals surface area contributed by atoms with E-state index in [1.807, 2.05) is 12.1 Å². The highest BCUT2D eigenvalue weighted by Gasteiger charge is 2.16. The van der Waals surface area contributed by atoms with Gasteiger partial charge in [-0.05, 0) is 43.6 Å². The molecule has 1 unspecified atom stereocenters. The summed E-state index contributed by atoms with van der Waals surface area (Å²) >= 11 is 0. The first-order valence-electron chi connectivity index (χ1n) is 7.46. The fourth-order valence-corrected chi connectivity index (χ4v) is 2.44. The van der Waals surface area contributed by atoms with Crippen LogP contribution in [0.25, 0.3) is 0 Å². The van der Waals surface area contributed by atoms with E-state index in [0.29, 0.717) is 12.3 Å². The van der Waals surface area contributed by atoms with E-state index in [4.69, 9.17) is 4.74 Å². The van der Waals surface area contributed by atoms with Gasteiger partial charge in [0, 0.05) is 20.6 Å². The number of aliphatic hydroxyl groups is 1. The zero-order valence-electron chi connectivity index (χ0n) is 12.8. The van der Waals surface area contributed by atoms with Gasteiger partial charge in [0.25, 0.3) is 0 Å². The number of hydrogen-bond acceptors (Lipinski definition) is 4. The van der Waals surface area contributed by atoms with Crippen molar-refractivity contribution in [3.63, 3.8) is 0 Å². The van der Waals surface area contributed by atoms with Crippen molar-refractivity contribution in [2.45, 2.75) is 25.4 Å². The van der Waals surface area contributed by atoms with E-state index in [1.54, 1.807) is 26.2 Å². The highest BCUT2D eigenvalue weighted by Crippen LogP contribution is 2.20. The van der Waals surface area contributed by atoms with Crippen molar-refractivity contribution < 1.29 is 14.6 Å². The number of hydrogen-bond donors (Lipinski definition) is 1. The Morgan fingerprint density at radius 2 is 1.86 bits per heavy atom. The third-order valence-corrected chi connectivity index (χ3v) is 3.72. The number of ether oxygens (including phenoxy) is 1. The van der Waals surface area contributed by atoms with Crippen molar-refractivity contribution >= 4 is 6.09 Å². The number of rotatable bonds is 4. The molecule has 1 amide bonds. The summed E-state index contributed by atoms with van der Waals surface area (Å²) in [5.74, 6) is 0.489. The van der Waals surface area contributed by atoms with Crippen LogP contribution in [0.3, 0.4) is 0 Å². The quantitative estimate of drug-likeness (QED) is 0.925. The summed E-state index contributed by atoms with van der Waals surface area (Å²) in [5.41, 5.74) is 0.852. The van der Waals surface area contributed by atoms with E-state index < -0.39 is 12.2 Å². The summed E-state index contributed by atoms with van der Waals surface area (Å²) in [6, 6.07) is 7.06. The molecule has 1 aliphatic heterocycles. The Morgan fingerprint density at radius 3 is 2.43 bits per heavy atom. The molecule has 1 aromatic rings. The average Bonchev–Trinajstić information content (AvgIpc) is 2.48. The standard InChI is InChI=1S/C16H24N2O3/c1-17(2)16(20)21-14-8-6-13(7-9-14)15(19)12-18-10-4-3-5-11-18/h6-9,15,19H,3-5,10-12H2,1-2H3. The topological polar surface area (TPSA) is 53.0 Å². The van der Waals surface area contributed by atoms with E-state index in [2.05, 4.69) is 4.90 Å². The zero-order chi connectivity index (χ0) is 15.2. The first-order chi connectivity index (χ1) is 10.1. The summed E-state index contributed by atoms with van der Waals surface area (Å²) in [6.07, 6.45) is 2.81. The molecule has 1 N–H and O–H groups in total. The van der Waals surface area contributed by atoms with Gasteiger partial charge in [0.05, 0.1) is 6.10 Å². The average molecular weight is 292 g/mol. The maximum atomic E-state index is 11.4. The minimum absolute atomic E-state index is 0.406. The Labute approximate surface area is 126 Å². The molecule has 0 aliphatic carbocycles. The third-order valence-electron chi connectivity index (χ3n) is 3.72. The van der Waals surface area contributed by atoms with Crippen molar-refractivity contribution in [3.05, 3.63) is 29.8 Å². The Hall–Kier alpha value is -1.59. The maximum Gasteiger partial charge on any atom is 0.414 e. The van der Waals surface area contributed by atoms with Gasteiger partial charge in [-0.1, -0.05) is 18.6 Å². The van der Waals surface area contributed by atoms with Crippen molar-refractivity contribution in [1.29, 1.82) is 0 Å². The van der Waals surface area contributed by atoms with Crippen LogP contribution < -0.4 is 4.74 Å². The molecular weight excluding hydrogens is 268 g/mol. The van der Waals surface area contributed by atoms with Gasteiger partial charge in [-0.3, -0.25) is 0 Å². The van der Waals surface area contributed by atoms with Crippen LogP contribution in [-0.4, -0.2) is 54.7 Å². The Kier molecular flexibility index (Phi) is 5.59.